The maximum Gasteiger partial charge on any atom is 0.170 e. The second kappa shape index (κ2) is 5.23. The summed E-state index contributed by atoms with van der Waals surface area (Å²) in [6.45, 7) is 5.58. The van der Waals surface area contributed by atoms with Crippen molar-refractivity contribution >= 4 is 6.29 Å². The highest BCUT2D eigenvalue weighted by Gasteiger charge is 2.13. The summed E-state index contributed by atoms with van der Waals surface area (Å²) in [5, 5.41) is 6.78. The Morgan fingerprint density at radius 1 is 1.44 bits per heavy atom. The van der Waals surface area contributed by atoms with Crippen molar-refractivity contribution in [1.82, 2.24) is 20.0 Å². The third-order valence-corrected chi connectivity index (χ3v) is 3.06. The predicted molar refractivity (Wildman–Crippen MR) is 61.6 cm³/mol. The summed E-state index contributed by atoms with van der Waals surface area (Å²) in [7, 11) is 2.16. The van der Waals surface area contributed by atoms with Gasteiger partial charge in [0.25, 0.3) is 0 Å². The monoisotopic (exact) mass is 222 g/mol. The summed E-state index contributed by atoms with van der Waals surface area (Å²) in [5.41, 5.74) is 1.54. The molecule has 2 heterocycles. The number of aromatic nitrogens is 2. The lowest BCUT2D eigenvalue weighted by Crippen LogP contribution is -2.45. The third-order valence-electron chi connectivity index (χ3n) is 3.06. The molecule has 0 aromatic carbocycles. The number of rotatable bonds is 4. The maximum absolute atomic E-state index is 10.5. The minimum atomic E-state index is 0.494. The van der Waals surface area contributed by atoms with Crippen molar-refractivity contribution in [3.05, 3.63) is 17.5 Å². The van der Waals surface area contributed by atoms with Crippen LogP contribution in [0, 0.1) is 0 Å². The van der Waals surface area contributed by atoms with Gasteiger partial charge in [-0.1, -0.05) is 0 Å². The van der Waals surface area contributed by atoms with E-state index in [1.54, 1.807) is 0 Å². The van der Waals surface area contributed by atoms with Crippen molar-refractivity contribution in [1.29, 1.82) is 0 Å². The van der Waals surface area contributed by atoms with Crippen molar-refractivity contribution < 1.29 is 4.79 Å². The van der Waals surface area contributed by atoms with Crippen molar-refractivity contribution in [2.75, 3.05) is 39.8 Å². The van der Waals surface area contributed by atoms with Crippen LogP contribution in [0.5, 0.6) is 0 Å². The first-order valence-corrected chi connectivity index (χ1v) is 5.68. The molecular weight excluding hydrogens is 204 g/mol. The molecule has 1 aliphatic heterocycles. The average molecular weight is 222 g/mol. The van der Waals surface area contributed by atoms with Gasteiger partial charge in [0.1, 0.15) is 5.69 Å². The molecule has 88 valence electrons. The number of nitrogens with zero attached hydrogens (tertiary/aromatic N) is 3. The Morgan fingerprint density at radius 2 is 2.19 bits per heavy atom. The maximum atomic E-state index is 10.5. The Kier molecular flexibility index (Phi) is 3.69. The van der Waals surface area contributed by atoms with Gasteiger partial charge in [-0.05, 0) is 13.1 Å². The summed E-state index contributed by atoms with van der Waals surface area (Å²) in [6.07, 6.45) is 1.71. The number of aromatic amines is 1. The van der Waals surface area contributed by atoms with E-state index in [1.165, 1.54) is 0 Å². The smallest absolute Gasteiger partial charge is 0.170 e. The molecular formula is C11H18N4O. The number of hydrogen-bond acceptors (Lipinski definition) is 4. The van der Waals surface area contributed by atoms with E-state index in [1.807, 2.05) is 6.07 Å². The Hall–Kier alpha value is -1.20. The van der Waals surface area contributed by atoms with Crippen LogP contribution in [0.4, 0.5) is 0 Å². The zero-order chi connectivity index (χ0) is 11.4. The van der Waals surface area contributed by atoms with Gasteiger partial charge in [-0.25, -0.2) is 0 Å². The SMILES string of the molecule is CN1CCN(CCc2cc(C=O)n[nH]2)CC1. The fraction of sp³-hybridized carbons (Fsp3) is 0.636. The number of aldehydes is 1. The molecule has 1 aromatic rings. The molecule has 5 heteroatoms. The Labute approximate surface area is 95.4 Å². The molecule has 1 aliphatic rings. The molecule has 0 amide bonds. The standard InChI is InChI=1S/C11H18N4O/c1-14-4-6-15(7-5-14)3-2-10-8-11(9-16)13-12-10/h8-9H,2-7H2,1H3,(H,12,13). The summed E-state index contributed by atoms with van der Waals surface area (Å²) < 4.78 is 0. The normalized spacial score (nSPS) is 18.8. The highest BCUT2D eigenvalue weighted by atomic mass is 16.1. The van der Waals surface area contributed by atoms with Gasteiger partial charge in [0.2, 0.25) is 0 Å². The van der Waals surface area contributed by atoms with Crippen LogP contribution in [-0.2, 0) is 6.42 Å². The number of piperazine rings is 1. The first-order valence-electron chi connectivity index (χ1n) is 5.68. The molecule has 2 rings (SSSR count). The molecule has 0 saturated carbocycles. The van der Waals surface area contributed by atoms with Crippen LogP contribution >= 0.6 is 0 Å². The molecule has 5 nitrogen and oxygen atoms in total. The molecule has 0 aliphatic carbocycles. The molecule has 0 bridgehead atoms. The lowest BCUT2D eigenvalue weighted by Gasteiger charge is -2.32. The quantitative estimate of drug-likeness (QED) is 0.729. The van der Waals surface area contributed by atoms with Gasteiger partial charge in [-0.15, -0.1) is 0 Å². The van der Waals surface area contributed by atoms with E-state index in [9.17, 15) is 4.79 Å². The Bertz CT molecular complexity index is 342. The minimum Gasteiger partial charge on any atom is -0.304 e. The topological polar surface area (TPSA) is 52.2 Å². The van der Waals surface area contributed by atoms with Crippen molar-refractivity contribution in [3.63, 3.8) is 0 Å². The summed E-state index contributed by atoms with van der Waals surface area (Å²) >= 11 is 0. The van der Waals surface area contributed by atoms with Crippen molar-refractivity contribution in [2.45, 2.75) is 6.42 Å². The van der Waals surface area contributed by atoms with Gasteiger partial charge in [0.05, 0.1) is 0 Å². The van der Waals surface area contributed by atoms with Crippen LogP contribution in [0.15, 0.2) is 6.07 Å². The first-order chi connectivity index (χ1) is 7.78. The van der Waals surface area contributed by atoms with Crippen molar-refractivity contribution in [2.24, 2.45) is 0 Å². The van der Waals surface area contributed by atoms with Gasteiger partial charge in [0.15, 0.2) is 6.29 Å². The summed E-state index contributed by atoms with van der Waals surface area (Å²) in [5.74, 6) is 0. The predicted octanol–water partition coefficient (Wildman–Crippen LogP) is 0.0121. The molecule has 16 heavy (non-hydrogen) atoms. The minimum absolute atomic E-state index is 0.494. The Balaban J connectivity index is 1.76. The van der Waals surface area contributed by atoms with Gasteiger partial charge < -0.3 is 9.80 Å². The van der Waals surface area contributed by atoms with E-state index in [0.717, 1.165) is 51.1 Å². The fourth-order valence-electron chi connectivity index (χ4n) is 1.92. The highest BCUT2D eigenvalue weighted by Crippen LogP contribution is 2.03. The van der Waals surface area contributed by atoms with Gasteiger partial charge in [-0.2, -0.15) is 5.10 Å². The largest absolute Gasteiger partial charge is 0.304 e. The molecule has 0 radical (unpaired) electrons. The van der Waals surface area contributed by atoms with Crippen molar-refractivity contribution in [3.8, 4) is 0 Å². The number of hydrogen-bond donors (Lipinski definition) is 1. The van der Waals surface area contributed by atoms with Crippen LogP contribution in [0.1, 0.15) is 16.2 Å². The third kappa shape index (κ3) is 2.90. The van der Waals surface area contributed by atoms with Crippen LogP contribution in [0.3, 0.4) is 0 Å². The second-order valence-corrected chi connectivity index (χ2v) is 4.33. The molecule has 0 atom stereocenters. The highest BCUT2D eigenvalue weighted by molar-refractivity contribution is 5.71. The molecule has 1 aromatic heterocycles. The molecule has 1 fully saturated rings. The van der Waals surface area contributed by atoms with E-state index < -0.39 is 0 Å². The van der Waals surface area contributed by atoms with Crippen LogP contribution in [-0.4, -0.2) is 66.1 Å². The number of H-pyrrole nitrogens is 1. The van der Waals surface area contributed by atoms with E-state index >= 15 is 0 Å². The zero-order valence-corrected chi connectivity index (χ0v) is 9.65. The van der Waals surface area contributed by atoms with E-state index in [4.69, 9.17) is 0 Å². The van der Waals surface area contributed by atoms with E-state index in [0.29, 0.717) is 5.69 Å². The molecule has 1 N–H and O–H groups in total. The van der Waals surface area contributed by atoms with E-state index in [2.05, 4.69) is 27.0 Å². The first kappa shape index (κ1) is 11.3. The zero-order valence-electron chi connectivity index (χ0n) is 9.65. The lowest BCUT2D eigenvalue weighted by atomic mass is 10.2. The van der Waals surface area contributed by atoms with Crippen LogP contribution < -0.4 is 0 Å². The van der Waals surface area contributed by atoms with Gasteiger partial charge in [0, 0.05) is 44.8 Å². The summed E-state index contributed by atoms with van der Waals surface area (Å²) in [6, 6.07) is 1.82. The van der Waals surface area contributed by atoms with Crippen LogP contribution in [0.25, 0.3) is 0 Å². The average Bonchev–Trinajstić information content (AvgIpc) is 2.76. The van der Waals surface area contributed by atoms with Crippen LogP contribution in [0.2, 0.25) is 0 Å². The van der Waals surface area contributed by atoms with Gasteiger partial charge in [-0.3, -0.25) is 9.89 Å². The molecule has 1 saturated heterocycles. The summed E-state index contributed by atoms with van der Waals surface area (Å²) in [4.78, 5) is 15.3. The Morgan fingerprint density at radius 3 is 2.81 bits per heavy atom. The van der Waals surface area contributed by atoms with E-state index in [-0.39, 0.29) is 0 Å². The molecule has 0 spiro atoms. The van der Waals surface area contributed by atoms with Gasteiger partial charge >= 0.3 is 0 Å². The lowest BCUT2D eigenvalue weighted by molar-refractivity contribution is 0.111. The second-order valence-electron chi connectivity index (χ2n) is 4.33. The number of carbonyl (C=O) groups is 1. The molecule has 0 unspecified atom stereocenters. The number of carbonyl (C=O) groups excluding carboxylic acids is 1. The fourth-order valence-corrected chi connectivity index (χ4v) is 1.92. The number of nitrogens with one attached hydrogen (secondary N) is 1. The number of likely N-dealkylation sites (N-methyl/N-ethyl adjacent to an activating group) is 1.